The van der Waals surface area contributed by atoms with Crippen molar-refractivity contribution in [1.82, 2.24) is 10.2 Å². The van der Waals surface area contributed by atoms with Gasteiger partial charge in [-0.3, -0.25) is 4.79 Å². The van der Waals surface area contributed by atoms with Crippen molar-refractivity contribution in [3.05, 3.63) is 59.1 Å². The number of halogens is 1. The largest absolute Gasteiger partial charge is 0.485 e. The molecule has 2 unspecified atom stereocenters. The molecule has 0 spiro atoms. The molecule has 2 aromatic rings. The van der Waals surface area contributed by atoms with Gasteiger partial charge in [-0.15, -0.1) is 0 Å². The lowest BCUT2D eigenvalue weighted by Crippen LogP contribution is -2.54. The molecule has 2 heterocycles. The van der Waals surface area contributed by atoms with Crippen LogP contribution in [0.1, 0.15) is 11.6 Å². The van der Waals surface area contributed by atoms with Crippen molar-refractivity contribution in [2.24, 2.45) is 0 Å². The molecule has 25 heavy (non-hydrogen) atoms. The lowest BCUT2D eigenvalue weighted by atomic mass is 10.0. The van der Waals surface area contributed by atoms with E-state index in [0.717, 1.165) is 12.1 Å². The Hall–Kier alpha value is -2.24. The average molecular weight is 359 g/mol. The minimum Gasteiger partial charge on any atom is -0.485 e. The summed E-state index contributed by atoms with van der Waals surface area (Å²) in [5.41, 5.74) is 0.946. The lowest BCUT2D eigenvalue weighted by molar-refractivity contribution is -0.144. The molecule has 0 aliphatic carbocycles. The van der Waals surface area contributed by atoms with Gasteiger partial charge in [-0.2, -0.15) is 0 Å². The fourth-order valence-corrected chi connectivity index (χ4v) is 3.58. The molecule has 6 heteroatoms. The predicted octanol–water partition coefficient (Wildman–Crippen LogP) is 2.65. The van der Waals surface area contributed by atoms with Crippen LogP contribution in [0.15, 0.2) is 48.5 Å². The van der Waals surface area contributed by atoms with Crippen LogP contribution in [0.4, 0.5) is 0 Å². The van der Waals surface area contributed by atoms with Gasteiger partial charge in [-0.25, -0.2) is 0 Å². The number of carbonyl (C=O) groups excluding carboxylic acids is 1. The molecule has 2 aliphatic heterocycles. The standard InChI is InChI=1S/C19H19ClN2O3/c20-14-6-2-1-5-13(14)15-11-21-9-10-22(15)19(23)18-12-24-16-7-3-4-8-17(16)25-18/h1-8,15,18,21H,9-12H2. The fourth-order valence-electron chi connectivity index (χ4n) is 3.32. The summed E-state index contributed by atoms with van der Waals surface area (Å²) in [6.07, 6.45) is -0.641. The van der Waals surface area contributed by atoms with Gasteiger partial charge in [-0.05, 0) is 23.8 Å². The Bertz CT molecular complexity index is 783. The van der Waals surface area contributed by atoms with Gasteiger partial charge in [0.2, 0.25) is 6.10 Å². The average Bonchev–Trinajstić information content (AvgIpc) is 2.67. The van der Waals surface area contributed by atoms with Crippen molar-refractivity contribution < 1.29 is 14.3 Å². The number of para-hydroxylation sites is 2. The molecular weight excluding hydrogens is 340 g/mol. The van der Waals surface area contributed by atoms with Crippen molar-refractivity contribution in [1.29, 1.82) is 0 Å². The summed E-state index contributed by atoms with van der Waals surface area (Å²) in [5, 5.41) is 4.01. The van der Waals surface area contributed by atoms with Crippen LogP contribution in [0.2, 0.25) is 5.02 Å². The maximum Gasteiger partial charge on any atom is 0.267 e. The SMILES string of the molecule is O=C(C1COc2ccccc2O1)N1CCNCC1c1ccccc1Cl. The quantitative estimate of drug-likeness (QED) is 0.896. The van der Waals surface area contributed by atoms with Crippen LogP contribution in [0.25, 0.3) is 0 Å². The van der Waals surface area contributed by atoms with Crippen LogP contribution in [0.3, 0.4) is 0 Å². The van der Waals surface area contributed by atoms with E-state index in [4.69, 9.17) is 21.1 Å². The second-order valence-electron chi connectivity index (χ2n) is 6.14. The van der Waals surface area contributed by atoms with E-state index in [0.29, 0.717) is 29.6 Å². The first-order valence-electron chi connectivity index (χ1n) is 8.38. The molecule has 0 bridgehead atoms. The van der Waals surface area contributed by atoms with E-state index in [1.165, 1.54) is 0 Å². The van der Waals surface area contributed by atoms with E-state index in [9.17, 15) is 4.79 Å². The van der Waals surface area contributed by atoms with E-state index >= 15 is 0 Å². The first-order valence-corrected chi connectivity index (χ1v) is 8.76. The fraction of sp³-hybridized carbons (Fsp3) is 0.316. The van der Waals surface area contributed by atoms with Crippen LogP contribution >= 0.6 is 11.6 Å². The van der Waals surface area contributed by atoms with Crippen molar-refractivity contribution in [3.63, 3.8) is 0 Å². The third-order valence-corrected chi connectivity index (χ3v) is 4.92. The normalized spacial score (nSPS) is 22.5. The van der Waals surface area contributed by atoms with Crippen LogP contribution < -0.4 is 14.8 Å². The highest BCUT2D eigenvalue weighted by molar-refractivity contribution is 6.31. The summed E-state index contributed by atoms with van der Waals surface area (Å²) >= 11 is 6.36. The molecule has 130 valence electrons. The smallest absolute Gasteiger partial charge is 0.267 e. The van der Waals surface area contributed by atoms with Crippen LogP contribution in [-0.2, 0) is 4.79 Å². The van der Waals surface area contributed by atoms with Crippen molar-refractivity contribution in [2.45, 2.75) is 12.1 Å². The minimum absolute atomic E-state index is 0.0686. The number of nitrogens with one attached hydrogen (secondary N) is 1. The number of amides is 1. The third-order valence-electron chi connectivity index (χ3n) is 4.57. The van der Waals surface area contributed by atoms with Crippen LogP contribution in [-0.4, -0.2) is 43.2 Å². The zero-order chi connectivity index (χ0) is 17.2. The Morgan fingerprint density at radius 3 is 2.72 bits per heavy atom. The molecule has 0 saturated carbocycles. The molecule has 0 radical (unpaired) electrons. The first kappa shape index (κ1) is 16.2. The zero-order valence-electron chi connectivity index (χ0n) is 13.7. The number of hydrogen-bond donors (Lipinski definition) is 1. The number of carbonyl (C=O) groups is 1. The first-order chi connectivity index (χ1) is 12.2. The number of nitrogens with zero attached hydrogens (tertiary/aromatic N) is 1. The molecule has 1 amide bonds. The highest BCUT2D eigenvalue weighted by atomic mass is 35.5. The highest BCUT2D eigenvalue weighted by Crippen LogP contribution is 2.33. The number of piperazine rings is 1. The maximum absolute atomic E-state index is 13.1. The molecule has 2 atom stereocenters. The molecule has 5 nitrogen and oxygen atoms in total. The van der Waals surface area contributed by atoms with Gasteiger partial charge in [0, 0.05) is 24.7 Å². The van der Waals surface area contributed by atoms with Crippen LogP contribution in [0.5, 0.6) is 11.5 Å². The van der Waals surface area contributed by atoms with Gasteiger partial charge in [0.25, 0.3) is 5.91 Å². The van der Waals surface area contributed by atoms with Crippen molar-refractivity contribution in [3.8, 4) is 11.5 Å². The summed E-state index contributed by atoms with van der Waals surface area (Å²) in [6, 6.07) is 14.9. The molecule has 2 aliphatic rings. The summed E-state index contributed by atoms with van der Waals surface area (Å²) in [6.45, 7) is 2.24. The third kappa shape index (κ3) is 3.17. The van der Waals surface area contributed by atoms with Gasteiger partial charge >= 0.3 is 0 Å². The summed E-state index contributed by atoms with van der Waals surface area (Å²) < 4.78 is 11.6. The van der Waals surface area contributed by atoms with Crippen molar-refractivity contribution >= 4 is 17.5 Å². The highest BCUT2D eigenvalue weighted by Gasteiger charge is 2.36. The molecule has 2 aromatic carbocycles. The molecule has 0 aromatic heterocycles. The lowest BCUT2D eigenvalue weighted by Gasteiger charge is -2.39. The molecule has 1 N–H and O–H groups in total. The van der Waals surface area contributed by atoms with E-state index in [1.807, 2.05) is 53.4 Å². The van der Waals surface area contributed by atoms with E-state index in [2.05, 4.69) is 5.32 Å². The second-order valence-corrected chi connectivity index (χ2v) is 6.54. The van der Waals surface area contributed by atoms with Gasteiger partial charge < -0.3 is 19.7 Å². The Morgan fingerprint density at radius 2 is 1.88 bits per heavy atom. The second kappa shape index (κ2) is 6.94. The number of ether oxygens (including phenoxy) is 2. The monoisotopic (exact) mass is 358 g/mol. The van der Waals surface area contributed by atoms with Gasteiger partial charge in [0.15, 0.2) is 11.5 Å². The number of benzene rings is 2. The maximum atomic E-state index is 13.1. The summed E-state index contributed by atoms with van der Waals surface area (Å²) in [7, 11) is 0. The Balaban J connectivity index is 1.57. The predicted molar refractivity (Wildman–Crippen MR) is 95.1 cm³/mol. The Labute approximate surface area is 151 Å². The summed E-state index contributed by atoms with van der Waals surface area (Å²) in [5.74, 6) is 1.21. The molecule has 1 fully saturated rings. The Morgan fingerprint density at radius 1 is 1.12 bits per heavy atom. The molecular formula is C19H19ClN2O3. The summed E-state index contributed by atoms with van der Waals surface area (Å²) in [4.78, 5) is 15.0. The number of hydrogen-bond acceptors (Lipinski definition) is 4. The topological polar surface area (TPSA) is 50.8 Å². The van der Waals surface area contributed by atoms with Gasteiger partial charge in [0.1, 0.15) is 6.61 Å². The Kier molecular flexibility index (Phi) is 4.51. The van der Waals surface area contributed by atoms with Gasteiger partial charge in [-0.1, -0.05) is 41.9 Å². The number of rotatable bonds is 2. The van der Waals surface area contributed by atoms with Crippen LogP contribution in [0, 0.1) is 0 Å². The molecule has 1 saturated heterocycles. The molecule has 4 rings (SSSR count). The van der Waals surface area contributed by atoms with E-state index < -0.39 is 6.10 Å². The number of fused-ring (bicyclic) bond motifs is 1. The van der Waals surface area contributed by atoms with Gasteiger partial charge in [0.05, 0.1) is 6.04 Å². The van der Waals surface area contributed by atoms with E-state index in [-0.39, 0.29) is 18.6 Å². The minimum atomic E-state index is -0.641. The van der Waals surface area contributed by atoms with E-state index in [1.54, 1.807) is 0 Å². The zero-order valence-corrected chi connectivity index (χ0v) is 14.4. The van der Waals surface area contributed by atoms with Crippen molar-refractivity contribution in [2.75, 3.05) is 26.2 Å².